The number of aliphatic hydroxyl groups is 1. The van der Waals surface area contributed by atoms with Gasteiger partial charge in [0.15, 0.2) is 0 Å². The van der Waals surface area contributed by atoms with Gasteiger partial charge in [0.25, 0.3) is 0 Å². The van der Waals surface area contributed by atoms with Crippen molar-refractivity contribution in [2.45, 2.75) is 50.7 Å². The molecule has 2 fully saturated rings. The van der Waals surface area contributed by atoms with Crippen molar-refractivity contribution in [2.75, 3.05) is 32.9 Å². The summed E-state index contributed by atoms with van der Waals surface area (Å²) in [7, 11) is -0.997. The highest BCUT2D eigenvalue weighted by atomic mass is 32.2. The molecule has 3 unspecified atom stereocenters. The summed E-state index contributed by atoms with van der Waals surface area (Å²) in [5, 5.41) is 10.1. The lowest BCUT2D eigenvalue weighted by atomic mass is 9.90. The van der Waals surface area contributed by atoms with Crippen LogP contribution < -0.4 is 0 Å². The molecule has 1 saturated heterocycles. The van der Waals surface area contributed by atoms with Crippen molar-refractivity contribution >= 4 is 10.0 Å². The Labute approximate surface area is 123 Å². The molecule has 0 bridgehead atoms. The molecule has 6 heteroatoms. The Hall–Kier alpha value is -0.170. The maximum Gasteiger partial charge on any atom is 0.211 e. The van der Waals surface area contributed by atoms with Gasteiger partial charge in [-0.25, -0.2) is 12.7 Å². The molecule has 1 saturated carbocycles. The summed E-state index contributed by atoms with van der Waals surface area (Å²) in [4.78, 5) is 2.25. The molecule has 1 aliphatic heterocycles. The fraction of sp³-hybridized carbons (Fsp3) is 1.00. The number of rotatable bonds is 4. The van der Waals surface area contributed by atoms with Crippen LogP contribution in [0.5, 0.6) is 0 Å². The SMILES string of the molecule is CN(CC1CCCN(S(C)(=O)=O)C1)C1CCCCC1O. The van der Waals surface area contributed by atoms with Crippen LogP contribution in [-0.4, -0.2) is 67.8 Å². The van der Waals surface area contributed by atoms with Gasteiger partial charge in [-0.2, -0.15) is 0 Å². The third-order valence-corrected chi connectivity index (χ3v) is 6.03. The van der Waals surface area contributed by atoms with Gasteiger partial charge in [0.1, 0.15) is 0 Å². The summed E-state index contributed by atoms with van der Waals surface area (Å²) in [5.41, 5.74) is 0. The van der Waals surface area contributed by atoms with Crippen molar-refractivity contribution in [3.05, 3.63) is 0 Å². The lowest BCUT2D eigenvalue weighted by Gasteiger charge is -2.39. The van der Waals surface area contributed by atoms with Crippen LogP contribution in [0.15, 0.2) is 0 Å². The Bertz CT molecular complexity index is 413. The van der Waals surface area contributed by atoms with Gasteiger partial charge in [-0.3, -0.25) is 0 Å². The summed E-state index contributed by atoms with van der Waals surface area (Å²) in [6.45, 7) is 2.17. The van der Waals surface area contributed by atoms with Gasteiger partial charge < -0.3 is 10.0 Å². The zero-order valence-corrected chi connectivity index (χ0v) is 13.5. The normalized spacial score (nSPS) is 33.5. The van der Waals surface area contributed by atoms with E-state index >= 15 is 0 Å². The molecule has 1 aliphatic carbocycles. The number of hydrogen-bond acceptors (Lipinski definition) is 4. The molecule has 1 heterocycles. The topological polar surface area (TPSA) is 60.9 Å². The number of piperidine rings is 1. The van der Waals surface area contributed by atoms with E-state index in [1.807, 2.05) is 0 Å². The van der Waals surface area contributed by atoms with Gasteiger partial charge in [-0.05, 0) is 38.6 Å². The average Bonchev–Trinajstić information content (AvgIpc) is 2.38. The molecule has 0 radical (unpaired) electrons. The summed E-state index contributed by atoms with van der Waals surface area (Å²) >= 11 is 0. The minimum Gasteiger partial charge on any atom is -0.391 e. The van der Waals surface area contributed by atoms with Crippen LogP contribution in [0.3, 0.4) is 0 Å². The molecular weight excluding hydrogens is 276 g/mol. The van der Waals surface area contributed by atoms with Crippen molar-refractivity contribution in [2.24, 2.45) is 5.92 Å². The first-order chi connectivity index (χ1) is 9.38. The Morgan fingerprint density at radius 3 is 2.55 bits per heavy atom. The highest BCUT2D eigenvalue weighted by Gasteiger charge is 2.31. The monoisotopic (exact) mass is 304 g/mol. The van der Waals surface area contributed by atoms with E-state index in [1.54, 1.807) is 4.31 Å². The van der Waals surface area contributed by atoms with E-state index in [4.69, 9.17) is 0 Å². The molecule has 1 N–H and O–H groups in total. The van der Waals surface area contributed by atoms with E-state index in [-0.39, 0.29) is 12.1 Å². The van der Waals surface area contributed by atoms with Crippen LogP contribution in [0, 0.1) is 5.92 Å². The average molecular weight is 304 g/mol. The largest absolute Gasteiger partial charge is 0.391 e. The lowest BCUT2D eigenvalue weighted by Crippen LogP contribution is -2.48. The maximum absolute atomic E-state index is 11.6. The number of likely N-dealkylation sites (N-methyl/N-ethyl adjacent to an activating group) is 1. The number of aliphatic hydroxyl groups excluding tert-OH is 1. The first-order valence-electron chi connectivity index (χ1n) is 7.71. The van der Waals surface area contributed by atoms with Gasteiger partial charge in [-0.1, -0.05) is 12.8 Å². The smallest absolute Gasteiger partial charge is 0.211 e. The molecule has 0 spiro atoms. The Kier molecular flexibility index (Phi) is 5.45. The third-order valence-electron chi connectivity index (χ3n) is 4.76. The fourth-order valence-corrected chi connectivity index (χ4v) is 4.57. The lowest BCUT2D eigenvalue weighted by molar-refractivity contribution is 0.0220. The van der Waals surface area contributed by atoms with Gasteiger partial charge in [0.2, 0.25) is 10.0 Å². The molecule has 3 atom stereocenters. The molecule has 2 aliphatic rings. The molecule has 0 aromatic rings. The predicted molar refractivity (Wildman–Crippen MR) is 80.0 cm³/mol. The third kappa shape index (κ3) is 4.16. The van der Waals surface area contributed by atoms with Crippen LogP contribution in [0.25, 0.3) is 0 Å². The van der Waals surface area contributed by atoms with Gasteiger partial charge in [-0.15, -0.1) is 0 Å². The summed E-state index contributed by atoms with van der Waals surface area (Å²) in [6.07, 6.45) is 7.36. The maximum atomic E-state index is 11.6. The molecule has 0 aromatic carbocycles. The summed E-state index contributed by atoms with van der Waals surface area (Å²) in [5.74, 6) is 0.387. The van der Waals surface area contributed by atoms with Crippen molar-refractivity contribution in [1.29, 1.82) is 0 Å². The summed E-state index contributed by atoms with van der Waals surface area (Å²) in [6, 6.07) is 0.248. The molecule has 20 heavy (non-hydrogen) atoms. The highest BCUT2D eigenvalue weighted by Crippen LogP contribution is 2.25. The van der Waals surface area contributed by atoms with E-state index in [1.165, 1.54) is 12.7 Å². The second-order valence-corrected chi connectivity index (χ2v) is 8.47. The van der Waals surface area contributed by atoms with Crippen LogP contribution in [-0.2, 0) is 10.0 Å². The molecule has 2 rings (SSSR count). The highest BCUT2D eigenvalue weighted by molar-refractivity contribution is 7.88. The van der Waals surface area contributed by atoms with Crippen LogP contribution in [0.1, 0.15) is 38.5 Å². The van der Waals surface area contributed by atoms with E-state index in [9.17, 15) is 13.5 Å². The minimum absolute atomic E-state index is 0.219. The first-order valence-corrected chi connectivity index (χ1v) is 9.56. The van der Waals surface area contributed by atoms with Crippen molar-refractivity contribution < 1.29 is 13.5 Å². The van der Waals surface area contributed by atoms with Crippen LogP contribution in [0.2, 0.25) is 0 Å². The first kappa shape index (κ1) is 16.2. The van der Waals surface area contributed by atoms with E-state index in [0.29, 0.717) is 19.0 Å². The van der Waals surface area contributed by atoms with Gasteiger partial charge in [0, 0.05) is 25.7 Å². The zero-order valence-electron chi connectivity index (χ0n) is 12.7. The summed E-state index contributed by atoms with van der Waals surface area (Å²) < 4.78 is 24.9. The van der Waals surface area contributed by atoms with Crippen molar-refractivity contribution in [3.8, 4) is 0 Å². The fourth-order valence-electron chi connectivity index (χ4n) is 3.63. The Morgan fingerprint density at radius 2 is 1.90 bits per heavy atom. The van der Waals surface area contributed by atoms with Gasteiger partial charge >= 0.3 is 0 Å². The standard InChI is InChI=1S/C14H28N2O3S/c1-15(13-7-3-4-8-14(13)17)10-12-6-5-9-16(11-12)20(2,18)19/h12-14,17H,3-11H2,1-2H3. The van der Waals surface area contributed by atoms with E-state index < -0.39 is 10.0 Å². The van der Waals surface area contributed by atoms with Crippen molar-refractivity contribution in [3.63, 3.8) is 0 Å². The second-order valence-electron chi connectivity index (χ2n) is 6.49. The number of nitrogens with zero attached hydrogens (tertiary/aromatic N) is 2. The number of hydrogen-bond donors (Lipinski definition) is 1. The second kappa shape index (κ2) is 6.73. The molecule has 118 valence electrons. The molecule has 5 nitrogen and oxygen atoms in total. The zero-order chi connectivity index (χ0) is 14.8. The van der Waals surface area contributed by atoms with E-state index in [0.717, 1.165) is 38.6 Å². The van der Waals surface area contributed by atoms with Crippen LogP contribution >= 0.6 is 0 Å². The van der Waals surface area contributed by atoms with Crippen LogP contribution in [0.4, 0.5) is 0 Å². The minimum atomic E-state index is -3.06. The van der Waals surface area contributed by atoms with Gasteiger partial charge in [0.05, 0.1) is 12.4 Å². The predicted octanol–water partition coefficient (Wildman–Crippen LogP) is 0.893. The molecule has 0 amide bonds. The quantitative estimate of drug-likeness (QED) is 0.838. The Morgan fingerprint density at radius 1 is 1.20 bits per heavy atom. The van der Waals surface area contributed by atoms with E-state index in [2.05, 4.69) is 11.9 Å². The molecular formula is C14H28N2O3S. The molecule has 0 aromatic heterocycles. The Balaban J connectivity index is 1.89. The van der Waals surface area contributed by atoms with Crippen molar-refractivity contribution in [1.82, 2.24) is 9.21 Å². The number of sulfonamides is 1.